The van der Waals surface area contributed by atoms with E-state index < -0.39 is 10.8 Å². The van der Waals surface area contributed by atoms with Crippen molar-refractivity contribution in [2.75, 3.05) is 18.0 Å². The maximum atomic E-state index is 12.9. The molecule has 1 aliphatic heterocycles. The lowest BCUT2D eigenvalue weighted by atomic mass is 9.96. The van der Waals surface area contributed by atoms with Crippen LogP contribution in [-0.2, 0) is 16.6 Å². The third kappa shape index (κ3) is 2.88. The van der Waals surface area contributed by atoms with Gasteiger partial charge in [-0.25, -0.2) is 4.98 Å². The molecule has 0 spiro atoms. The van der Waals surface area contributed by atoms with Gasteiger partial charge in [-0.15, -0.1) is 0 Å². The molecule has 7 heteroatoms. The van der Waals surface area contributed by atoms with Crippen molar-refractivity contribution in [3.8, 4) is 0 Å². The predicted octanol–water partition coefficient (Wildman–Crippen LogP) is 3.28. The fourth-order valence-corrected chi connectivity index (χ4v) is 4.54. The molecule has 0 aliphatic carbocycles. The first-order chi connectivity index (χ1) is 12.7. The van der Waals surface area contributed by atoms with Gasteiger partial charge in [-0.05, 0) is 24.6 Å². The van der Waals surface area contributed by atoms with E-state index in [2.05, 4.69) is 26.9 Å². The first-order valence-corrected chi connectivity index (χ1v) is 9.94. The summed E-state index contributed by atoms with van der Waals surface area (Å²) in [6, 6.07) is 13.5. The van der Waals surface area contributed by atoms with Gasteiger partial charge in [-0.2, -0.15) is 0 Å². The number of hydrogen-bond donors (Lipinski definition) is 2. The molecule has 2 N–H and O–H groups in total. The van der Waals surface area contributed by atoms with Gasteiger partial charge >= 0.3 is 0 Å². The highest BCUT2D eigenvalue weighted by Gasteiger charge is 2.25. The molecule has 1 unspecified atom stereocenters. The molecule has 0 fully saturated rings. The molecular formula is C19H20N4O2S. The van der Waals surface area contributed by atoms with Gasteiger partial charge in [0.15, 0.2) is 5.16 Å². The molecule has 2 heterocycles. The summed E-state index contributed by atoms with van der Waals surface area (Å²) in [5, 5.41) is 13.3. The fraction of sp³-hybridized carbons (Fsp3) is 0.263. The number of rotatable bonds is 4. The van der Waals surface area contributed by atoms with E-state index in [1.165, 1.54) is 0 Å². The number of H-pyrrole nitrogens is 1. The lowest BCUT2D eigenvalue weighted by Crippen LogP contribution is -2.33. The van der Waals surface area contributed by atoms with E-state index in [-0.39, 0.29) is 0 Å². The molecule has 1 aromatic heterocycles. The predicted molar refractivity (Wildman–Crippen MR) is 103 cm³/mol. The number of hydrogen-bond acceptors (Lipinski definition) is 5. The van der Waals surface area contributed by atoms with Crippen LogP contribution in [0.25, 0.3) is 11.0 Å². The molecule has 0 bridgehead atoms. The molecular weight excluding hydrogens is 348 g/mol. The highest BCUT2D eigenvalue weighted by molar-refractivity contribution is 7.84. The summed E-state index contributed by atoms with van der Waals surface area (Å²) >= 11 is 0. The highest BCUT2D eigenvalue weighted by Crippen LogP contribution is 2.32. The number of imidazole rings is 1. The van der Waals surface area contributed by atoms with Gasteiger partial charge in [0.05, 0.1) is 39.0 Å². The quantitative estimate of drug-likeness (QED) is 0.547. The zero-order valence-corrected chi connectivity index (χ0v) is 15.3. The van der Waals surface area contributed by atoms with Gasteiger partial charge < -0.3 is 15.1 Å². The van der Waals surface area contributed by atoms with Crippen LogP contribution in [0, 0.1) is 0 Å². The van der Waals surface area contributed by atoms with E-state index in [4.69, 9.17) is 0 Å². The average Bonchev–Trinajstić information content (AvgIpc) is 3.11. The molecule has 2 aromatic carbocycles. The lowest BCUT2D eigenvalue weighted by molar-refractivity contribution is 0.318. The Morgan fingerprint density at radius 2 is 2.12 bits per heavy atom. The van der Waals surface area contributed by atoms with Crippen LogP contribution in [0.4, 0.5) is 5.69 Å². The number of fused-ring (bicyclic) bond motifs is 2. The van der Waals surface area contributed by atoms with Crippen LogP contribution in [0.2, 0.25) is 0 Å². The van der Waals surface area contributed by atoms with Crippen LogP contribution in [0.1, 0.15) is 24.5 Å². The molecule has 134 valence electrons. The van der Waals surface area contributed by atoms with E-state index in [9.17, 15) is 9.42 Å². The third-order valence-corrected chi connectivity index (χ3v) is 5.94. The lowest BCUT2D eigenvalue weighted by Gasteiger charge is -2.32. The third-order valence-electron chi connectivity index (χ3n) is 4.74. The number of aromatic nitrogens is 2. The number of nitrogens with one attached hydrogen (secondary N) is 1. The van der Waals surface area contributed by atoms with Gasteiger partial charge in [-0.1, -0.05) is 35.5 Å². The average molecular weight is 368 g/mol. The van der Waals surface area contributed by atoms with Crippen molar-refractivity contribution >= 4 is 33.2 Å². The number of anilines is 1. The highest BCUT2D eigenvalue weighted by atomic mass is 32.2. The Morgan fingerprint density at radius 3 is 2.88 bits per heavy atom. The molecule has 6 nitrogen and oxygen atoms in total. The second kappa shape index (κ2) is 6.92. The summed E-state index contributed by atoms with van der Waals surface area (Å²) in [5.74, 6) is 0.359. The summed E-state index contributed by atoms with van der Waals surface area (Å²) in [7, 11) is -1.29. The molecule has 26 heavy (non-hydrogen) atoms. The first-order valence-electron chi connectivity index (χ1n) is 8.62. The van der Waals surface area contributed by atoms with Gasteiger partial charge in [0.1, 0.15) is 0 Å². The number of benzene rings is 2. The molecule has 0 radical (unpaired) electrons. The van der Waals surface area contributed by atoms with Crippen molar-refractivity contribution < 1.29 is 9.42 Å². The van der Waals surface area contributed by atoms with E-state index in [0.717, 1.165) is 40.9 Å². The van der Waals surface area contributed by atoms with Gasteiger partial charge in [0.2, 0.25) is 0 Å². The molecule has 3 aromatic rings. The molecule has 4 rings (SSSR count). The van der Waals surface area contributed by atoms with Crippen LogP contribution in [0.3, 0.4) is 0 Å². The molecule has 1 aliphatic rings. The topological polar surface area (TPSA) is 81.6 Å². The number of aromatic amines is 1. The summed E-state index contributed by atoms with van der Waals surface area (Å²) in [4.78, 5) is 9.86. The standard InChI is InChI=1S/C19H20N4O2S/c1-2-23-11-10-15(22-24)14-7-5-6-13(18(14)23)12-26(25)19-20-16-8-3-4-9-17(16)21-19/h3-9,24H,2,10-12H2,1H3,(H,20,21)/b22-15+. The summed E-state index contributed by atoms with van der Waals surface area (Å²) < 4.78 is 12.9. The van der Waals surface area contributed by atoms with Crippen molar-refractivity contribution in [3.63, 3.8) is 0 Å². The minimum atomic E-state index is -1.29. The van der Waals surface area contributed by atoms with Crippen LogP contribution in [-0.4, -0.2) is 38.2 Å². The van der Waals surface area contributed by atoms with Gasteiger partial charge in [0, 0.05) is 25.1 Å². The van der Waals surface area contributed by atoms with Crippen LogP contribution in [0.5, 0.6) is 0 Å². The monoisotopic (exact) mass is 368 g/mol. The smallest absolute Gasteiger partial charge is 0.197 e. The van der Waals surface area contributed by atoms with Gasteiger partial charge in [-0.3, -0.25) is 4.21 Å². The Labute approximate surface area is 154 Å². The maximum Gasteiger partial charge on any atom is 0.197 e. The Kier molecular flexibility index (Phi) is 4.46. The summed E-state index contributed by atoms with van der Waals surface area (Å²) in [5.41, 5.74) is 5.29. The number of nitrogens with zero attached hydrogens (tertiary/aromatic N) is 3. The van der Waals surface area contributed by atoms with E-state index in [1.807, 2.05) is 42.5 Å². The van der Waals surface area contributed by atoms with Crippen molar-refractivity contribution in [2.45, 2.75) is 24.3 Å². The Bertz CT molecular complexity index is 979. The maximum absolute atomic E-state index is 12.9. The van der Waals surface area contributed by atoms with E-state index in [1.54, 1.807) is 0 Å². The minimum absolute atomic E-state index is 0.359. The zero-order valence-electron chi connectivity index (χ0n) is 14.5. The fourth-order valence-electron chi connectivity index (χ4n) is 3.47. The summed E-state index contributed by atoms with van der Waals surface area (Å²) in [6.45, 7) is 3.73. The second-order valence-corrected chi connectivity index (χ2v) is 7.61. The molecule has 0 amide bonds. The van der Waals surface area contributed by atoms with Crippen molar-refractivity contribution in [2.24, 2.45) is 5.16 Å². The van der Waals surface area contributed by atoms with Gasteiger partial charge in [0.25, 0.3) is 0 Å². The van der Waals surface area contributed by atoms with Crippen LogP contribution >= 0.6 is 0 Å². The molecule has 0 saturated heterocycles. The number of oxime groups is 1. The minimum Gasteiger partial charge on any atom is -0.411 e. The van der Waals surface area contributed by atoms with Crippen molar-refractivity contribution in [3.05, 3.63) is 53.6 Å². The Hall–Kier alpha value is -2.67. The Balaban J connectivity index is 1.71. The largest absolute Gasteiger partial charge is 0.411 e. The SMILES string of the molecule is CCN1CC/C(=N\O)c2cccc(CS(=O)c3nc4ccccc4[nH]3)c21. The normalized spacial score (nSPS) is 16.8. The zero-order chi connectivity index (χ0) is 18.1. The molecule has 0 saturated carbocycles. The van der Waals surface area contributed by atoms with E-state index >= 15 is 0 Å². The number of para-hydroxylation sites is 3. The Morgan fingerprint density at radius 1 is 1.27 bits per heavy atom. The van der Waals surface area contributed by atoms with E-state index in [0.29, 0.717) is 23.0 Å². The van der Waals surface area contributed by atoms with Crippen molar-refractivity contribution in [1.29, 1.82) is 0 Å². The summed E-state index contributed by atoms with van der Waals surface area (Å²) in [6.07, 6.45) is 0.702. The van der Waals surface area contributed by atoms with Crippen molar-refractivity contribution in [1.82, 2.24) is 9.97 Å². The first kappa shape index (κ1) is 16.8. The van der Waals surface area contributed by atoms with Crippen LogP contribution < -0.4 is 4.90 Å². The second-order valence-electron chi connectivity index (χ2n) is 6.24. The van der Waals surface area contributed by atoms with Crippen LogP contribution in [0.15, 0.2) is 52.8 Å². The molecule has 1 atom stereocenters.